The molecule has 80 heavy (non-hydrogen) atoms. The predicted molar refractivity (Wildman–Crippen MR) is 347 cm³/mol. The molecule has 1 aliphatic rings. The van der Waals surface area contributed by atoms with E-state index in [0.29, 0.717) is 0 Å². The van der Waals surface area contributed by atoms with Crippen LogP contribution in [-0.2, 0) is 5.41 Å². The molecule has 0 saturated carbocycles. The second-order valence-electron chi connectivity index (χ2n) is 21.9. The summed E-state index contributed by atoms with van der Waals surface area (Å²) in [4.78, 5) is 0. The van der Waals surface area contributed by atoms with Gasteiger partial charge in [0.15, 0.2) is 0 Å². The molecule has 0 atom stereocenters. The molecular formula is C75H48N2SSe2. The van der Waals surface area contributed by atoms with Gasteiger partial charge in [-0.1, -0.05) is 0 Å². The standard InChI is InChI=1S/C39H27NSe.C36H21NSSe/c1-39(2)32-17-9-6-14-26(32)30-22-24(20-21-33(30)39)29-23-31-27-15-7-10-18-34(27)40(25-12-4-3-5-13-25)37(31)36-28-16-8-11-19-35(28)41-38(29)36;1-2-10-23(11-3-1)37-30-15-7-4-12-24(30)29-21-27(36-34(35(29)37)26-14-6-9-17-33(26)39-36)22-18-19-32-28(20-22)25-13-5-8-16-31(25)38-32/h3-23H,1-2H3;1-21H. The normalized spacial score (nSPS) is 13.0. The maximum atomic E-state index is 2.50. The average Bonchev–Trinajstić information content (AvgIpc) is 4.15. The van der Waals surface area contributed by atoms with Gasteiger partial charge in [-0.25, -0.2) is 0 Å². The number of fused-ring (bicyclic) bond motifs is 20. The number of rotatable bonds is 4. The predicted octanol–water partition coefficient (Wildman–Crippen LogP) is 20.3. The van der Waals surface area contributed by atoms with Crippen LogP contribution in [0.25, 0.3) is 147 Å². The summed E-state index contributed by atoms with van der Waals surface area (Å²) in [6, 6.07) is 94.7. The van der Waals surface area contributed by atoms with Crippen LogP contribution in [-0.4, -0.2) is 38.1 Å². The van der Waals surface area contributed by atoms with Gasteiger partial charge in [-0.05, 0) is 0 Å². The van der Waals surface area contributed by atoms with Crippen molar-refractivity contribution in [1.82, 2.24) is 9.13 Å². The molecule has 5 heterocycles. The summed E-state index contributed by atoms with van der Waals surface area (Å²) in [6.45, 7) is 4.72. The quantitative estimate of drug-likeness (QED) is 0.155. The van der Waals surface area contributed by atoms with E-state index < -0.39 is 0 Å². The Balaban J connectivity index is 0.000000128. The van der Waals surface area contributed by atoms with E-state index in [0.717, 1.165) is 0 Å². The van der Waals surface area contributed by atoms with E-state index in [9.17, 15) is 0 Å². The molecule has 0 unspecified atom stereocenters. The Hall–Kier alpha value is -8.50. The third-order valence-electron chi connectivity index (χ3n) is 17.2. The minimum atomic E-state index is 0.0135. The van der Waals surface area contributed by atoms with Crippen LogP contribution in [0.5, 0.6) is 0 Å². The number of hydrogen-bond acceptors (Lipinski definition) is 1. The Labute approximate surface area is 478 Å². The van der Waals surface area contributed by atoms with Crippen molar-refractivity contribution in [2.45, 2.75) is 19.3 Å². The van der Waals surface area contributed by atoms with E-state index in [1.165, 1.54) is 158 Å². The molecule has 5 heteroatoms. The first-order valence-electron chi connectivity index (χ1n) is 27.5. The molecule has 1 aliphatic carbocycles. The molecule has 0 spiro atoms. The Morgan fingerprint density at radius 2 is 0.775 bits per heavy atom. The topological polar surface area (TPSA) is 9.86 Å². The molecule has 0 fully saturated rings. The van der Waals surface area contributed by atoms with Crippen molar-refractivity contribution in [3.63, 3.8) is 0 Å². The summed E-state index contributed by atoms with van der Waals surface area (Å²) in [5.74, 6) is 0. The molecule has 2 nitrogen and oxygen atoms in total. The molecule has 5 aromatic heterocycles. The molecule has 376 valence electrons. The van der Waals surface area contributed by atoms with E-state index in [2.05, 4.69) is 278 Å². The van der Waals surface area contributed by atoms with Crippen molar-refractivity contribution in [2.75, 3.05) is 0 Å². The maximum absolute atomic E-state index is 2.50. The van der Waals surface area contributed by atoms with Crippen molar-refractivity contribution in [3.8, 4) is 44.8 Å². The number of thiophene rings is 1. The van der Waals surface area contributed by atoms with Gasteiger partial charge >= 0.3 is 482 Å². The minimum absolute atomic E-state index is 0.0135. The van der Waals surface area contributed by atoms with Crippen molar-refractivity contribution in [1.29, 1.82) is 0 Å². The molecule has 0 amide bonds. The van der Waals surface area contributed by atoms with E-state index in [-0.39, 0.29) is 34.4 Å². The van der Waals surface area contributed by atoms with Crippen LogP contribution in [0, 0.1) is 0 Å². The second-order valence-corrected chi connectivity index (χ2v) is 27.4. The number of aromatic nitrogens is 2. The Morgan fingerprint density at radius 1 is 0.325 bits per heavy atom. The third kappa shape index (κ3) is 6.77. The summed E-state index contributed by atoms with van der Waals surface area (Å²) in [5, 5.41) is 13.6. The molecule has 0 aliphatic heterocycles. The molecule has 17 aromatic rings. The zero-order valence-electron chi connectivity index (χ0n) is 43.9. The average molecular weight is 1170 g/mol. The number of benzene rings is 12. The fourth-order valence-electron chi connectivity index (χ4n) is 13.6. The first kappa shape index (κ1) is 46.4. The van der Waals surface area contributed by atoms with Crippen molar-refractivity contribution < 1.29 is 0 Å². The molecule has 12 aromatic carbocycles. The van der Waals surface area contributed by atoms with Crippen LogP contribution in [0.4, 0.5) is 0 Å². The van der Waals surface area contributed by atoms with Gasteiger partial charge in [0.05, 0.1) is 0 Å². The van der Waals surface area contributed by atoms with Crippen LogP contribution in [0.15, 0.2) is 255 Å². The Bertz CT molecular complexity index is 5400. The van der Waals surface area contributed by atoms with Crippen LogP contribution >= 0.6 is 11.3 Å². The second kappa shape index (κ2) is 17.8. The van der Waals surface area contributed by atoms with Gasteiger partial charge in [0, 0.05) is 0 Å². The zero-order chi connectivity index (χ0) is 52.8. The summed E-state index contributed by atoms with van der Waals surface area (Å²) in [5.41, 5.74) is 18.6. The van der Waals surface area contributed by atoms with E-state index in [4.69, 9.17) is 0 Å². The van der Waals surface area contributed by atoms with Crippen LogP contribution in [0.2, 0.25) is 0 Å². The van der Waals surface area contributed by atoms with Gasteiger partial charge < -0.3 is 0 Å². The van der Waals surface area contributed by atoms with Gasteiger partial charge in [-0.3, -0.25) is 0 Å². The SMILES string of the molecule is CC1(C)c2ccccc2-c2cc(-c3cc4c5ccccc5n(-c5ccccc5)c4c4c3[se]c3ccccc34)ccc21.c1ccc(-n2c3ccccc3c3cc(-c4ccc5sc6ccccc6c5c4)c4[se]c5ccccc5c4c32)cc1. The molecular weight excluding hydrogens is 1120 g/mol. The van der Waals surface area contributed by atoms with E-state index in [1.54, 1.807) is 0 Å². The van der Waals surface area contributed by atoms with Crippen molar-refractivity contribution in [2.24, 2.45) is 0 Å². The molecule has 0 saturated heterocycles. The fraction of sp³-hybridized carbons (Fsp3) is 0.0400. The molecule has 0 N–H and O–H groups in total. The molecule has 0 bridgehead atoms. The summed E-state index contributed by atoms with van der Waals surface area (Å²) in [6.07, 6.45) is 0. The van der Waals surface area contributed by atoms with Gasteiger partial charge in [0.25, 0.3) is 0 Å². The van der Waals surface area contributed by atoms with Crippen LogP contribution in [0.1, 0.15) is 25.0 Å². The van der Waals surface area contributed by atoms with Crippen molar-refractivity contribution in [3.05, 3.63) is 266 Å². The Morgan fingerprint density at radius 3 is 1.38 bits per heavy atom. The third-order valence-corrected chi connectivity index (χ3v) is 23.4. The monoisotopic (exact) mass is 1170 g/mol. The van der Waals surface area contributed by atoms with E-state index >= 15 is 0 Å². The van der Waals surface area contributed by atoms with Crippen molar-refractivity contribution >= 4 is 143 Å². The summed E-state index contributed by atoms with van der Waals surface area (Å²) >= 11 is 2.35. The number of hydrogen-bond donors (Lipinski definition) is 0. The number of nitrogens with zero attached hydrogens (tertiary/aromatic N) is 2. The Kier molecular flexibility index (Phi) is 10.3. The number of para-hydroxylation sites is 4. The van der Waals surface area contributed by atoms with Crippen LogP contribution < -0.4 is 0 Å². The summed E-state index contributed by atoms with van der Waals surface area (Å²) < 4.78 is 13.6. The fourth-order valence-corrected chi connectivity index (χ4v) is 19.9. The molecule has 0 radical (unpaired) electrons. The first-order chi connectivity index (χ1) is 39.5. The van der Waals surface area contributed by atoms with Gasteiger partial charge in [-0.2, -0.15) is 0 Å². The molecule has 18 rings (SSSR count). The first-order valence-corrected chi connectivity index (χ1v) is 31.7. The summed E-state index contributed by atoms with van der Waals surface area (Å²) in [7, 11) is 0. The van der Waals surface area contributed by atoms with Crippen LogP contribution in [0.3, 0.4) is 0 Å². The van der Waals surface area contributed by atoms with Gasteiger partial charge in [-0.15, -0.1) is 0 Å². The zero-order valence-corrected chi connectivity index (χ0v) is 48.1. The van der Waals surface area contributed by atoms with E-state index in [1.807, 2.05) is 11.3 Å². The van der Waals surface area contributed by atoms with Gasteiger partial charge in [0.1, 0.15) is 0 Å². The van der Waals surface area contributed by atoms with Gasteiger partial charge in [0.2, 0.25) is 0 Å².